The Morgan fingerprint density at radius 3 is 0.750 bits per heavy atom. The maximum Gasteiger partial charge on any atom is 0.305 e. The average Bonchev–Trinajstić information content (AvgIpc) is 3.20. The summed E-state index contributed by atoms with van der Waals surface area (Å²) in [7, 11) is 0. The fourth-order valence-electron chi connectivity index (χ4n) is 5.33. The Labute approximate surface area is 342 Å². The Bertz CT molecular complexity index is 719. The van der Waals surface area contributed by atoms with E-state index >= 15 is 0 Å². The van der Waals surface area contributed by atoms with Crippen LogP contribution >= 0.6 is 0 Å². The van der Waals surface area contributed by atoms with Gasteiger partial charge in [0.2, 0.25) is 0 Å². The molecule has 0 aromatic heterocycles. The van der Waals surface area contributed by atoms with Gasteiger partial charge in [0.05, 0.1) is 139 Å². The van der Waals surface area contributed by atoms with Crippen LogP contribution in [0.4, 0.5) is 0 Å². The maximum absolute atomic E-state index is 11.9. The number of hydrogen-bond donors (Lipinski definition) is 0. The van der Waals surface area contributed by atoms with Gasteiger partial charge >= 0.3 is 5.97 Å². The lowest BCUT2D eigenvalue weighted by Gasteiger charge is -2.09. The second-order valence-electron chi connectivity index (χ2n) is 13.7. The predicted octanol–water partition coefficient (Wildman–Crippen LogP) is 7.38. The van der Waals surface area contributed by atoms with Crippen molar-refractivity contribution in [2.24, 2.45) is 0 Å². The van der Waals surface area contributed by atoms with Crippen LogP contribution in [0, 0.1) is 0 Å². The molecule has 0 amide bonds. The summed E-state index contributed by atoms with van der Waals surface area (Å²) in [5, 5.41) is 0. The number of carbonyl (C=O) groups excluding carboxylic acids is 1. The van der Waals surface area contributed by atoms with Crippen LogP contribution in [0.3, 0.4) is 0 Å². The molecule has 0 atom stereocenters. The van der Waals surface area contributed by atoms with Crippen molar-refractivity contribution in [1.29, 1.82) is 0 Å². The van der Waals surface area contributed by atoms with Crippen molar-refractivity contribution >= 4 is 5.97 Å². The molecule has 336 valence electrons. The zero-order chi connectivity index (χ0) is 40.3. The minimum Gasteiger partial charge on any atom is -0.463 e. The van der Waals surface area contributed by atoms with Gasteiger partial charge in [0, 0.05) is 13.0 Å². The number of esters is 1. The minimum atomic E-state index is -0.131. The lowest BCUT2D eigenvalue weighted by molar-refractivity contribution is -0.145. The van der Waals surface area contributed by atoms with E-state index in [1.807, 2.05) is 0 Å². The van der Waals surface area contributed by atoms with Crippen molar-refractivity contribution in [3.63, 3.8) is 0 Å². The van der Waals surface area contributed by atoms with Gasteiger partial charge in [-0.1, -0.05) is 104 Å². The minimum absolute atomic E-state index is 0.131. The third kappa shape index (κ3) is 51.0. The highest BCUT2D eigenvalue weighted by Crippen LogP contribution is 2.13. The fourth-order valence-corrected chi connectivity index (χ4v) is 5.33. The van der Waals surface area contributed by atoms with Crippen LogP contribution in [0.5, 0.6) is 0 Å². The Kier molecular flexibility index (Phi) is 51.1. The molecular formula is C43H86O13. The van der Waals surface area contributed by atoms with Crippen molar-refractivity contribution in [2.75, 3.05) is 152 Å². The Hall–Kier alpha value is -0.970. The summed E-state index contributed by atoms with van der Waals surface area (Å²) in [5.74, 6) is -0.131. The van der Waals surface area contributed by atoms with E-state index in [0.717, 1.165) is 25.9 Å². The highest BCUT2D eigenvalue weighted by Gasteiger charge is 2.03. The van der Waals surface area contributed by atoms with E-state index in [1.54, 1.807) is 0 Å². The van der Waals surface area contributed by atoms with Crippen LogP contribution in [0.25, 0.3) is 0 Å². The van der Waals surface area contributed by atoms with Gasteiger partial charge in [-0.25, -0.2) is 0 Å². The van der Waals surface area contributed by atoms with E-state index < -0.39 is 0 Å². The van der Waals surface area contributed by atoms with E-state index in [-0.39, 0.29) is 12.6 Å². The molecule has 0 aromatic rings. The first kappa shape index (κ1) is 55.0. The van der Waals surface area contributed by atoms with E-state index in [4.69, 9.17) is 56.8 Å². The molecule has 13 heteroatoms. The van der Waals surface area contributed by atoms with Crippen LogP contribution in [0.2, 0.25) is 0 Å². The topological polar surface area (TPSA) is 128 Å². The molecule has 0 fully saturated rings. The molecule has 0 aromatic carbocycles. The van der Waals surface area contributed by atoms with Gasteiger partial charge < -0.3 is 56.8 Å². The van der Waals surface area contributed by atoms with Crippen molar-refractivity contribution in [2.45, 2.75) is 123 Å². The standard InChI is InChI=1S/C43H86O13/c1-3-5-7-8-9-10-11-12-13-14-15-16-17-19-43(44)56-42-41-55-40-39-54-38-37-53-36-35-52-34-33-51-32-31-50-30-29-49-28-27-48-26-25-47-24-23-46-22-21-45-20-18-6-4-2/h3-42H2,1-2H3. The summed E-state index contributed by atoms with van der Waals surface area (Å²) in [4.78, 5) is 11.9. The summed E-state index contributed by atoms with van der Waals surface area (Å²) in [6.45, 7) is 16.4. The van der Waals surface area contributed by atoms with Crippen molar-refractivity contribution in [3.8, 4) is 0 Å². The molecule has 0 saturated heterocycles. The number of unbranched alkanes of at least 4 members (excludes halogenated alkanes) is 14. The van der Waals surface area contributed by atoms with Crippen LogP contribution in [0.1, 0.15) is 123 Å². The SMILES string of the molecule is CCCCCCCCCCCCCCCC(=O)OCCOCCOCCOCCOCCOCCOCCOCCOCCOCCOCCOCCCCC. The number of ether oxygens (including phenoxy) is 12. The summed E-state index contributed by atoms with van der Waals surface area (Å²) in [5.41, 5.74) is 0. The molecule has 13 nitrogen and oxygen atoms in total. The highest BCUT2D eigenvalue weighted by atomic mass is 16.6. The summed E-state index contributed by atoms with van der Waals surface area (Å²) in [6.07, 6.45) is 20.9. The number of rotatable bonds is 51. The van der Waals surface area contributed by atoms with Crippen LogP contribution in [-0.4, -0.2) is 158 Å². The van der Waals surface area contributed by atoms with Crippen LogP contribution in [0.15, 0.2) is 0 Å². The Morgan fingerprint density at radius 2 is 0.464 bits per heavy atom. The van der Waals surface area contributed by atoms with Gasteiger partial charge in [0.15, 0.2) is 0 Å². The number of carbonyl (C=O) groups is 1. The van der Waals surface area contributed by atoms with Crippen molar-refractivity contribution < 1.29 is 61.6 Å². The lowest BCUT2D eigenvalue weighted by atomic mass is 10.0. The third-order valence-electron chi connectivity index (χ3n) is 8.59. The third-order valence-corrected chi connectivity index (χ3v) is 8.59. The molecule has 0 unspecified atom stereocenters. The van der Waals surface area contributed by atoms with Gasteiger partial charge in [0.1, 0.15) is 6.61 Å². The molecular weight excluding hydrogens is 724 g/mol. The molecule has 0 heterocycles. The van der Waals surface area contributed by atoms with Gasteiger partial charge in [-0.05, 0) is 12.8 Å². The van der Waals surface area contributed by atoms with Crippen molar-refractivity contribution in [3.05, 3.63) is 0 Å². The van der Waals surface area contributed by atoms with Gasteiger partial charge in [-0.3, -0.25) is 4.79 Å². The molecule has 56 heavy (non-hydrogen) atoms. The van der Waals surface area contributed by atoms with Crippen molar-refractivity contribution in [1.82, 2.24) is 0 Å². The molecule has 0 bridgehead atoms. The molecule has 0 rings (SSSR count). The largest absolute Gasteiger partial charge is 0.463 e. The van der Waals surface area contributed by atoms with Crippen LogP contribution in [-0.2, 0) is 61.6 Å². The summed E-state index contributed by atoms with van der Waals surface area (Å²) >= 11 is 0. The van der Waals surface area contributed by atoms with Gasteiger partial charge in [-0.2, -0.15) is 0 Å². The fraction of sp³-hybridized carbons (Fsp3) is 0.977. The molecule has 0 saturated carbocycles. The zero-order valence-corrected chi connectivity index (χ0v) is 36.1. The highest BCUT2D eigenvalue weighted by molar-refractivity contribution is 5.69. The lowest BCUT2D eigenvalue weighted by Crippen LogP contribution is -2.15. The molecule has 0 radical (unpaired) electrons. The average molecular weight is 811 g/mol. The first-order valence-electron chi connectivity index (χ1n) is 22.3. The second kappa shape index (κ2) is 52.0. The molecule has 0 aliphatic rings. The normalized spacial score (nSPS) is 11.5. The zero-order valence-electron chi connectivity index (χ0n) is 36.1. The molecule has 0 aliphatic carbocycles. The summed E-state index contributed by atoms with van der Waals surface area (Å²) in [6, 6.07) is 0. The van der Waals surface area contributed by atoms with Crippen LogP contribution < -0.4 is 0 Å². The molecule has 0 N–H and O–H groups in total. The predicted molar refractivity (Wildman–Crippen MR) is 220 cm³/mol. The first-order chi connectivity index (χ1) is 27.8. The van der Waals surface area contributed by atoms with Gasteiger partial charge in [-0.15, -0.1) is 0 Å². The second-order valence-corrected chi connectivity index (χ2v) is 13.7. The first-order valence-corrected chi connectivity index (χ1v) is 22.3. The summed E-state index contributed by atoms with van der Waals surface area (Å²) < 4.78 is 65.7. The molecule has 0 spiro atoms. The Morgan fingerprint density at radius 1 is 0.250 bits per heavy atom. The van der Waals surface area contributed by atoms with E-state index in [1.165, 1.54) is 83.5 Å². The smallest absolute Gasteiger partial charge is 0.305 e. The van der Waals surface area contributed by atoms with E-state index in [2.05, 4.69) is 13.8 Å². The molecule has 0 aliphatic heterocycles. The Balaban J connectivity index is 3.12. The van der Waals surface area contributed by atoms with E-state index in [9.17, 15) is 4.79 Å². The van der Waals surface area contributed by atoms with E-state index in [0.29, 0.717) is 145 Å². The monoisotopic (exact) mass is 811 g/mol. The van der Waals surface area contributed by atoms with Gasteiger partial charge in [0.25, 0.3) is 0 Å². The quantitative estimate of drug-likeness (QED) is 0.0448. The maximum atomic E-state index is 11.9. The number of hydrogen-bond acceptors (Lipinski definition) is 13.